The third-order valence-corrected chi connectivity index (χ3v) is 2.87. The van der Waals surface area contributed by atoms with Gasteiger partial charge in [0.25, 0.3) is 0 Å². The van der Waals surface area contributed by atoms with E-state index in [-0.39, 0.29) is 6.10 Å². The summed E-state index contributed by atoms with van der Waals surface area (Å²) in [6.45, 7) is 5.80. The van der Waals surface area contributed by atoms with Gasteiger partial charge in [-0.1, -0.05) is 39.0 Å². The zero-order valence-electron chi connectivity index (χ0n) is 10.7. The van der Waals surface area contributed by atoms with Gasteiger partial charge >= 0.3 is 7.32 Å². The monoisotopic (exact) mass is 228 g/mol. The molecule has 0 N–H and O–H groups in total. The molecule has 1 atom stereocenters. The van der Waals surface area contributed by atoms with E-state index in [1.165, 1.54) is 32.1 Å². The molecule has 0 amide bonds. The van der Waals surface area contributed by atoms with E-state index in [4.69, 9.17) is 14.0 Å². The van der Waals surface area contributed by atoms with Crippen LogP contribution in [0, 0.1) is 0 Å². The lowest BCUT2D eigenvalue weighted by molar-refractivity contribution is 0.0143. The highest BCUT2D eigenvalue weighted by Crippen LogP contribution is 2.11. The Hall–Kier alpha value is -0.0551. The summed E-state index contributed by atoms with van der Waals surface area (Å²) in [5.41, 5.74) is 0. The molecule has 1 heterocycles. The van der Waals surface area contributed by atoms with Gasteiger partial charge in [0.2, 0.25) is 0 Å². The van der Waals surface area contributed by atoms with Crippen molar-refractivity contribution in [3.8, 4) is 0 Å². The van der Waals surface area contributed by atoms with E-state index in [1.807, 2.05) is 0 Å². The standard InChI is InChI=1S/C12H25BO3/c1-3-4-5-6-7-8-10-14-13-15-11-9-12(2)16-13/h12H,3-11H2,1-2H3. The Bertz CT molecular complexity index is 166. The highest BCUT2D eigenvalue weighted by molar-refractivity contribution is 6.36. The molecule has 4 heteroatoms. The molecule has 0 bridgehead atoms. The van der Waals surface area contributed by atoms with Crippen LogP contribution in [-0.4, -0.2) is 26.6 Å². The molecule has 3 nitrogen and oxygen atoms in total. The highest BCUT2D eigenvalue weighted by Gasteiger charge is 2.28. The van der Waals surface area contributed by atoms with Crippen molar-refractivity contribution in [1.82, 2.24) is 0 Å². The van der Waals surface area contributed by atoms with Crippen LogP contribution in [0.1, 0.15) is 58.8 Å². The van der Waals surface area contributed by atoms with Gasteiger partial charge in [-0.05, 0) is 19.8 Å². The Morgan fingerprint density at radius 1 is 1.19 bits per heavy atom. The molecule has 1 unspecified atom stereocenters. The molecule has 1 aliphatic rings. The molecule has 0 aliphatic carbocycles. The molecule has 1 rings (SSSR count). The Morgan fingerprint density at radius 2 is 1.94 bits per heavy atom. The summed E-state index contributed by atoms with van der Waals surface area (Å²) in [4.78, 5) is 0. The summed E-state index contributed by atoms with van der Waals surface area (Å²) in [5, 5.41) is 0. The maximum Gasteiger partial charge on any atom is 0.639 e. The first-order valence-electron chi connectivity index (χ1n) is 6.71. The third kappa shape index (κ3) is 6.51. The smallest absolute Gasteiger partial charge is 0.386 e. The fraction of sp³-hybridized carbons (Fsp3) is 1.00. The molecule has 94 valence electrons. The largest absolute Gasteiger partial charge is 0.639 e. The van der Waals surface area contributed by atoms with Gasteiger partial charge < -0.3 is 14.0 Å². The number of hydrogen-bond donors (Lipinski definition) is 0. The molecule has 0 aromatic carbocycles. The van der Waals surface area contributed by atoms with Crippen LogP contribution >= 0.6 is 0 Å². The number of rotatable bonds is 8. The van der Waals surface area contributed by atoms with E-state index in [9.17, 15) is 0 Å². The fourth-order valence-electron chi connectivity index (χ4n) is 1.78. The SMILES string of the molecule is CCCCCCCCOB1OCCC(C)O1. The predicted molar refractivity (Wildman–Crippen MR) is 66.2 cm³/mol. The molecule has 0 aromatic heterocycles. The molecule has 1 fully saturated rings. The van der Waals surface area contributed by atoms with E-state index in [1.54, 1.807) is 0 Å². The highest BCUT2D eigenvalue weighted by atomic mass is 16.7. The van der Waals surface area contributed by atoms with Gasteiger partial charge in [-0.3, -0.25) is 0 Å². The fourth-order valence-corrected chi connectivity index (χ4v) is 1.78. The molecule has 0 radical (unpaired) electrons. The van der Waals surface area contributed by atoms with Gasteiger partial charge in [0.1, 0.15) is 0 Å². The van der Waals surface area contributed by atoms with Crippen molar-refractivity contribution in [1.29, 1.82) is 0 Å². The summed E-state index contributed by atoms with van der Waals surface area (Å²) in [6.07, 6.45) is 8.93. The molecule has 1 aliphatic heterocycles. The summed E-state index contributed by atoms with van der Waals surface area (Å²) in [7, 11) is -0.417. The third-order valence-electron chi connectivity index (χ3n) is 2.87. The zero-order valence-corrected chi connectivity index (χ0v) is 10.7. The van der Waals surface area contributed by atoms with Crippen LogP contribution in [0.4, 0.5) is 0 Å². The van der Waals surface area contributed by atoms with Gasteiger partial charge in [0, 0.05) is 19.3 Å². The second-order valence-corrected chi connectivity index (χ2v) is 4.53. The van der Waals surface area contributed by atoms with Gasteiger partial charge in [-0.15, -0.1) is 0 Å². The minimum atomic E-state index is -0.417. The molecule has 0 spiro atoms. The van der Waals surface area contributed by atoms with Crippen molar-refractivity contribution in [2.45, 2.75) is 64.9 Å². The normalized spacial score (nSPS) is 21.4. The van der Waals surface area contributed by atoms with Crippen molar-refractivity contribution >= 4 is 7.32 Å². The van der Waals surface area contributed by atoms with Gasteiger partial charge in [0.05, 0.1) is 0 Å². The van der Waals surface area contributed by atoms with Crippen LogP contribution in [0.15, 0.2) is 0 Å². The van der Waals surface area contributed by atoms with Crippen molar-refractivity contribution in [3.05, 3.63) is 0 Å². The number of unbranched alkanes of at least 4 members (excludes halogenated alkanes) is 5. The van der Waals surface area contributed by atoms with Crippen molar-refractivity contribution in [2.24, 2.45) is 0 Å². The van der Waals surface area contributed by atoms with Gasteiger partial charge in [-0.2, -0.15) is 0 Å². The lowest BCUT2D eigenvalue weighted by Gasteiger charge is -2.24. The first kappa shape index (κ1) is 14.0. The summed E-state index contributed by atoms with van der Waals surface area (Å²) < 4.78 is 16.4. The summed E-state index contributed by atoms with van der Waals surface area (Å²) >= 11 is 0. The first-order valence-corrected chi connectivity index (χ1v) is 6.71. The lowest BCUT2D eigenvalue weighted by atomic mass is 10.1. The molecular weight excluding hydrogens is 203 g/mol. The van der Waals surface area contributed by atoms with Crippen molar-refractivity contribution in [2.75, 3.05) is 13.2 Å². The summed E-state index contributed by atoms with van der Waals surface area (Å²) in [6, 6.07) is 0. The molecule has 0 aromatic rings. The minimum Gasteiger partial charge on any atom is -0.386 e. The van der Waals surface area contributed by atoms with E-state index in [0.29, 0.717) is 0 Å². The number of hydrogen-bond acceptors (Lipinski definition) is 3. The second-order valence-electron chi connectivity index (χ2n) is 4.53. The topological polar surface area (TPSA) is 27.7 Å². The molecule has 16 heavy (non-hydrogen) atoms. The quantitative estimate of drug-likeness (QED) is 0.471. The first-order chi connectivity index (χ1) is 7.83. The van der Waals surface area contributed by atoms with E-state index in [0.717, 1.165) is 26.1 Å². The van der Waals surface area contributed by atoms with E-state index < -0.39 is 7.32 Å². The van der Waals surface area contributed by atoms with Crippen LogP contribution in [0.25, 0.3) is 0 Å². The average molecular weight is 228 g/mol. The van der Waals surface area contributed by atoms with Crippen LogP contribution < -0.4 is 0 Å². The van der Waals surface area contributed by atoms with Crippen molar-refractivity contribution in [3.63, 3.8) is 0 Å². The van der Waals surface area contributed by atoms with Crippen LogP contribution in [0.3, 0.4) is 0 Å². The van der Waals surface area contributed by atoms with Crippen molar-refractivity contribution < 1.29 is 14.0 Å². The molecule has 0 saturated carbocycles. The maximum atomic E-state index is 5.52. The Labute approximate surface area is 100 Å². The van der Waals surface area contributed by atoms with Crippen LogP contribution in [-0.2, 0) is 14.0 Å². The van der Waals surface area contributed by atoms with Gasteiger partial charge in [0.15, 0.2) is 0 Å². The minimum absolute atomic E-state index is 0.267. The maximum absolute atomic E-state index is 5.52. The second kappa shape index (κ2) is 9.02. The average Bonchev–Trinajstić information content (AvgIpc) is 2.28. The molecule has 1 saturated heterocycles. The van der Waals surface area contributed by atoms with E-state index in [2.05, 4.69) is 13.8 Å². The lowest BCUT2D eigenvalue weighted by Crippen LogP contribution is -2.37. The van der Waals surface area contributed by atoms with Gasteiger partial charge in [-0.25, -0.2) is 0 Å². The van der Waals surface area contributed by atoms with Crippen LogP contribution in [0.2, 0.25) is 0 Å². The summed E-state index contributed by atoms with van der Waals surface area (Å²) in [5.74, 6) is 0. The Morgan fingerprint density at radius 3 is 2.69 bits per heavy atom. The Kier molecular flexibility index (Phi) is 7.90. The predicted octanol–water partition coefficient (Wildman–Crippen LogP) is 3.17. The zero-order chi connectivity index (χ0) is 11.6. The molecular formula is C12H25BO3. The van der Waals surface area contributed by atoms with E-state index >= 15 is 0 Å². The Balaban J connectivity index is 1.86. The van der Waals surface area contributed by atoms with Crippen LogP contribution in [0.5, 0.6) is 0 Å².